The molecule has 0 amide bonds. The lowest BCUT2D eigenvalue weighted by molar-refractivity contribution is -0.138. The van der Waals surface area contributed by atoms with Gasteiger partial charge in [0.25, 0.3) is 0 Å². The fourth-order valence-electron chi connectivity index (χ4n) is 2.34. The fraction of sp³-hybridized carbons (Fsp3) is 0.417. The van der Waals surface area contributed by atoms with E-state index in [-0.39, 0.29) is 4.90 Å². The SMILES string of the molecule is CNS(=O)(=O)c1ccccc1N1CCCC1C(=O)O. The predicted molar refractivity (Wildman–Crippen MR) is 70.7 cm³/mol. The van der Waals surface area contributed by atoms with Crippen LogP contribution in [0.5, 0.6) is 0 Å². The number of anilines is 1. The van der Waals surface area contributed by atoms with Gasteiger partial charge in [-0.15, -0.1) is 0 Å². The number of aliphatic carboxylic acids is 1. The summed E-state index contributed by atoms with van der Waals surface area (Å²) in [6.45, 7) is 0.549. The molecule has 1 aliphatic heterocycles. The van der Waals surface area contributed by atoms with Crippen molar-refractivity contribution >= 4 is 21.7 Å². The second kappa shape index (κ2) is 5.18. The van der Waals surface area contributed by atoms with E-state index in [2.05, 4.69) is 4.72 Å². The molecular formula is C12H16N2O4S. The molecule has 1 atom stereocenters. The van der Waals surface area contributed by atoms with Crippen LogP contribution in [0.1, 0.15) is 12.8 Å². The lowest BCUT2D eigenvalue weighted by atomic mass is 10.2. The van der Waals surface area contributed by atoms with Crippen molar-refractivity contribution in [3.05, 3.63) is 24.3 Å². The molecule has 1 heterocycles. The highest BCUT2D eigenvalue weighted by atomic mass is 32.2. The molecule has 0 saturated carbocycles. The minimum Gasteiger partial charge on any atom is -0.480 e. The molecule has 1 fully saturated rings. The lowest BCUT2D eigenvalue weighted by Gasteiger charge is -2.25. The first-order chi connectivity index (χ1) is 8.97. The smallest absolute Gasteiger partial charge is 0.326 e. The summed E-state index contributed by atoms with van der Waals surface area (Å²) in [5.41, 5.74) is 0.446. The number of hydrogen-bond donors (Lipinski definition) is 2. The van der Waals surface area contributed by atoms with E-state index in [1.807, 2.05) is 0 Å². The van der Waals surface area contributed by atoms with Crippen molar-refractivity contribution in [2.75, 3.05) is 18.5 Å². The van der Waals surface area contributed by atoms with Gasteiger partial charge in [0, 0.05) is 6.54 Å². The van der Waals surface area contributed by atoms with Gasteiger partial charge in [-0.2, -0.15) is 0 Å². The van der Waals surface area contributed by atoms with Crippen LogP contribution in [0, 0.1) is 0 Å². The van der Waals surface area contributed by atoms with Crippen LogP contribution in [0.4, 0.5) is 5.69 Å². The van der Waals surface area contributed by atoms with Crippen LogP contribution in [-0.4, -0.2) is 39.1 Å². The van der Waals surface area contributed by atoms with E-state index >= 15 is 0 Å². The molecule has 19 heavy (non-hydrogen) atoms. The summed E-state index contributed by atoms with van der Waals surface area (Å²) in [5.74, 6) is -0.922. The summed E-state index contributed by atoms with van der Waals surface area (Å²) < 4.78 is 26.2. The van der Waals surface area contributed by atoms with Gasteiger partial charge >= 0.3 is 5.97 Å². The number of carboxylic acids is 1. The third-order valence-electron chi connectivity index (χ3n) is 3.27. The van der Waals surface area contributed by atoms with Gasteiger partial charge in [-0.05, 0) is 32.0 Å². The molecule has 1 aliphatic rings. The minimum absolute atomic E-state index is 0.116. The first-order valence-electron chi connectivity index (χ1n) is 5.99. The largest absolute Gasteiger partial charge is 0.480 e. The highest BCUT2D eigenvalue weighted by Gasteiger charge is 2.33. The monoisotopic (exact) mass is 284 g/mol. The maximum Gasteiger partial charge on any atom is 0.326 e. The molecule has 0 aliphatic carbocycles. The second-order valence-corrected chi connectivity index (χ2v) is 6.22. The van der Waals surface area contributed by atoms with Crippen LogP contribution in [0.3, 0.4) is 0 Å². The number of nitrogens with zero attached hydrogens (tertiary/aromatic N) is 1. The summed E-state index contributed by atoms with van der Waals surface area (Å²) in [7, 11) is -2.26. The Morgan fingerprint density at radius 1 is 1.42 bits per heavy atom. The van der Waals surface area contributed by atoms with Gasteiger partial charge in [0.05, 0.1) is 5.69 Å². The van der Waals surface area contributed by atoms with Gasteiger partial charge < -0.3 is 10.0 Å². The molecule has 1 unspecified atom stereocenters. The number of para-hydroxylation sites is 1. The molecule has 6 nitrogen and oxygen atoms in total. The van der Waals surface area contributed by atoms with Crippen molar-refractivity contribution in [3.63, 3.8) is 0 Å². The highest BCUT2D eigenvalue weighted by Crippen LogP contribution is 2.31. The van der Waals surface area contributed by atoms with Crippen LogP contribution >= 0.6 is 0 Å². The zero-order valence-corrected chi connectivity index (χ0v) is 11.4. The molecule has 2 rings (SSSR count). The van der Waals surface area contributed by atoms with Crippen molar-refractivity contribution in [1.82, 2.24) is 4.72 Å². The topological polar surface area (TPSA) is 86.7 Å². The molecule has 2 N–H and O–H groups in total. The summed E-state index contributed by atoms with van der Waals surface area (Å²) in [4.78, 5) is 13.0. The normalized spacial score (nSPS) is 19.6. The molecule has 0 radical (unpaired) electrons. The lowest BCUT2D eigenvalue weighted by Crippen LogP contribution is -2.37. The molecular weight excluding hydrogens is 268 g/mol. The number of carbonyl (C=O) groups is 1. The maximum absolute atomic E-state index is 12.0. The van der Waals surface area contributed by atoms with Crippen LogP contribution in [0.15, 0.2) is 29.2 Å². The van der Waals surface area contributed by atoms with Crippen molar-refractivity contribution in [2.24, 2.45) is 0 Å². The first kappa shape index (κ1) is 13.8. The fourth-order valence-corrected chi connectivity index (χ4v) is 3.28. The zero-order valence-electron chi connectivity index (χ0n) is 10.5. The third kappa shape index (κ3) is 2.57. The van der Waals surface area contributed by atoms with Crippen LogP contribution in [0.25, 0.3) is 0 Å². The van der Waals surface area contributed by atoms with Crippen LogP contribution in [-0.2, 0) is 14.8 Å². The molecule has 0 bridgehead atoms. The Bertz CT molecular complexity index is 585. The summed E-state index contributed by atoms with van der Waals surface area (Å²) in [6, 6.07) is 5.80. The molecule has 1 aromatic rings. The number of nitrogens with one attached hydrogen (secondary N) is 1. The standard InChI is InChI=1S/C12H16N2O4S/c1-13-19(17,18)11-7-3-2-5-9(11)14-8-4-6-10(14)12(15)16/h2-3,5,7,10,13H,4,6,8H2,1H3,(H,15,16). The first-order valence-corrected chi connectivity index (χ1v) is 7.47. The average Bonchev–Trinajstić information content (AvgIpc) is 2.88. The second-order valence-electron chi connectivity index (χ2n) is 4.36. The Kier molecular flexibility index (Phi) is 3.77. The van der Waals surface area contributed by atoms with Gasteiger partial charge in [0.1, 0.15) is 10.9 Å². The van der Waals surface area contributed by atoms with Crippen molar-refractivity contribution in [2.45, 2.75) is 23.8 Å². The Morgan fingerprint density at radius 2 is 2.11 bits per heavy atom. The van der Waals surface area contributed by atoms with Crippen LogP contribution < -0.4 is 9.62 Å². The van der Waals surface area contributed by atoms with Gasteiger partial charge in [-0.1, -0.05) is 12.1 Å². The predicted octanol–water partition coefficient (Wildman–Crippen LogP) is 0.648. The Morgan fingerprint density at radius 3 is 2.74 bits per heavy atom. The Labute approximate surface area is 112 Å². The summed E-state index contributed by atoms with van der Waals surface area (Å²) in [6.07, 6.45) is 1.27. The van der Waals surface area contributed by atoms with Gasteiger partial charge in [-0.3, -0.25) is 0 Å². The van der Waals surface area contributed by atoms with Crippen molar-refractivity contribution in [1.29, 1.82) is 0 Å². The number of sulfonamides is 1. The molecule has 1 saturated heterocycles. The van der Waals surface area contributed by atoms with E-state index < -0.39 is 22.0 Å². The molecule has 0 aromatic heterocycles. The van der Waals surface area contributed by atoms with E-state index in [0.717, 1.165) is 6.42 Å². The number of hydrogen-bond acceptors (Lipinski definition) is 4. The van der Waals surface area contributed by atoms with Crippen molar-refractivity contribution < 1.29 is 18.3 Å². The third-order valence-corrected chi connectivity index (χ3v) is 4.73. The number of carboxylic acid groups (broad SMARTS) is 1. The highest BCUT2D eigenvalue weighted by molar-refractivity contribution is 7.89. The quantitative estimate of drug-likeness (QED) is 0.847. The van der Waals surface area contributed by atoms with Gasteiger partial charge in [0.2, 0.25) is 10.0 Å². The number of benzene rings is 1. The van der Waals surface area contributed by atoms with E-state index in [9.17, 15) is 18.3 Å². The van der Waals surface area contributed by atoms with E-state index in [4.69, 9.17) is 0 Å². The Hall–Kier alpha value is -1.60. The Balaban J connectivity index is 2.49. The molecule has 104 valence electrons. The molecule has 7 heteroatoms. The minimum atomic E-state index is -3.60. The van der Waals surface area contributed by atoms with E-state index in [1.165, 1.54) is 13.1 Å². The zero-order chi connectivity index (χ0) is 14.0. The van der Waals surface area contributed by atoms with Gasteiger partial charge in [-0.25, -0.2) is 17.9 Å². The van der Waals surface area contributed by atoms with E-state index in [0.29, 0.717) is 18.7 Å². The molecule has 1 aromatic carbocycles. The average molecular weight is 284 g/mol. The van der Waals surface area contributed by atoms with Crippen molar-refractivity contribution in [3.8, 4) is 0 Å². The molecule has 0 spiro atoms. The summed E-state index contributed by atoms with van der Waals surface area (Å²) in [5, 5.41) is 9.19. The van der Waals surface area contributed by atoms with Crippen LogP contribution in [0.2, 0.25) is 0 Å². The van der Waals surface area contributed by atoms with E-state index in [1.54, 1.807) is 23.1 Å². The maximum atomic E-state index is 12.0. The van der Waals surface area contributed by atoms with Gasteiger partial charge in [0.15, 0.2) is 0 Å². The number of rotatable bonds is 4. The summed E-state index contributed by atoms with van der Waals surface area (Å²) >= 11 is 0.